The Hall–Kier alpha value is -2.86. The molecule has 2 aromatic rings. The summed E-state index contributed by atoms with van der Waals surface area (Å²) in [5.74, 6) is 2.51. The summed E-state index contributed by atoms with van der Waals surface area (Å²) in [5.41, 5.74) is 4.10. The first-order chi connectivity index (χ1) is 14.0. The van der Waals surface area contributed by atoms with E-state index in [0.29, 0.717) is 19.6 Å². The lowest BCUT2D eigenvalue weighted by Crippen LogP contribution is -2.56. The fraction of sp³-hybridized carbons (Fsp3) is 0.391. The van der Waals surface area contributed by atoms with Crippen LogP contribution in [-0.2, 0) is 9.53 Å². The SMILES string of the molecule is COCC(=O)N1CCN(C2=Nc3ccc(C)cc3Oc3ccc(C)cc32)CC1C. The molecule has 0 saturated carbocycles. The first-order valence-electron chi connectivity index (χ1n) is 9.98. The third-order valence-electron chi connectivity index (χ3n) is 5.45. The molecule has 1 saturated heterocycles. The van der Waals surface area contributed by atoms with Crippen molar-refractivity contribution in [1.29, 1.82) is 0 Å². The largest absolute Gasteiger partial charge is 0.454 e. The van der Waals surface area contributed by atoms with E-state index in [9.17, 15) is 4.79 Å². The zero-order valence-electron chi connectivity index (χ0n) is 17.4. The molecule has 1 fully saturated rings. The van der Waals surface area contributed by atoms with Crippen LogP contribution in [0.15, 0.2) is 41.4 Å². The predicted molar refractivity (Wildman–Crippen MR) is 113 cm³/mol. The molecule has 1 amide bonds. The number of amides is 1. The quantitative estimate of drug-likeness (QED) is 0.781. The number of hydrogen-bond donors (Lipinski definition) is 0. The van der Waals surface area contributed by atoms with Gasteiger partial charge in [0.1, 0.15) is 23.9 Å². The molecule has 0 aromatic heterocycles. The van der Waals surface area contributed by atoms with Crippen LogP contribution in [0.2, 0.25) is 0 Å². The average molecular weight is 393 g/mol. The second-order valence-electron chi connectivity index (χ2n) is 7.82. The zero-order valence-corrected chi connectivity index (χ0v) is 17.4. The van der Waals surface area contributed by atoms with Crippen molar-refractivity contribution >= 4 is 17.4 Å². The minimum atomic E-state index is 0.0304. The minimum Gasteiger partial charge on any atom is -0.454 e. The summed E-state index contributed by atoms with van der Waals surface area (Å²) >= 11 is 0. The van der Waals surface area contributed by atoms with Gasteiger partial charge in [-0.2, -0.15) is 0 Å². The number of aryl methyl sites for hydroxylation is 2. The lowest BCUT2D eigenvalue weighted by molar-refractivity contribution is -0.138. The summed E-state index contributed by atoms with van der Waals surface area (Å²) in [6, 6.07) is 12.3. The predicted octanol–water partition coefficient (Wildman–Crippen LogP) is 3.67. The van der Waals surface area contributed by atoms with Crippen molar-refractivity contribution in [3.8, 4) is 11.5 Å². The molecule has 4 rings (SSSR count). The maximum absolute atomic E-state index is 12.3. The average Bonchev–Trinajstić information content (AvgIpc) is 2.84. The third-order valence-corrected chi connectivity index (χ3v) is 5.45. The van der Waals surface area contributed by atoms with Gasteiger partial charge in [0.05, 0.1) is 5.56 Å². The Labute approximate surface area is 171 Å². The Balaban J connectivity index is 1.71. The second-order valence-corrected chi connectivity index (χ2v) is 7.82. The summed E-state index contributed by atoms with van der Waals surface area (Å²) < 4.78 is 11.3. The molecular weight excluding hydrogens is 366 g/mol. The fourth-order valence-electron chi connectivity index (χ4n) is 3.96. The van der Waals surface area contributed by atoms with Crippen LogP contribution in [0.3, 0.4) is 0 Å². The molecule has 0 radical (unpaired) electrons. The third kappa shape index (κ3) is 3.85. The Morgan fingerprint density at radius 3 is 2.66 bits per heavy atom. The summed E-state index contributed by atoms with van der Waals surface area (Å²) in [6.45, 7) is 8.38. The minimum absolute atomic E-state index is 0.0304. The van der Waals surface area contributed by atoms with E-state index in [0.717, 1.165) is 39.7 Å². The van der Waals surface area contributed by atoms with Crippen LogP contribution in [0.25, 0.3) is 0 Å². The summed E-state index contributed by atoms with van der Waals surface area (Å²) in [6.07, 6.45) is 0. The van der Waals surface area contributed by atoms with Gasteiger partial charge in [-0.15, -0.1) is 0 Å². The van der Waals surface area contributed by atoms with Crippen molar-refractivity contribution in [2.45, 2.75) is 26.8 Å². The van der Waals surface area contributed by atoms with E-state index < -0.39 is 0 Å². The molecule has 2 aliphatic rings. The lowest BCUT2D eigenvalue weighted by atomic mass is 10.1. The Morgan fingerprint density at radius 1 is 1.14 bits per heavy atom. The van der Waals surface area contributed by atoms with Crippen molar-refractivity contribution < 1.29 is 14.3 Å². The number of hydrogen-bond acceptors (Lipinski definition) is 5. The number of piperazine rings is 1. The molecule has 152 valence electrons. The van der Waals surface area contributed by atoms with Gasteiger partial charge < -0.3 is 19.3 Å². The van der Waals surface area contributed by atoms with Gasteiger partial charge >= 0.3 is 0 Å². The van der Waals surface area contributed by atoms with Gasteiger partial charge in [-0.05, 0) is 50.6 Å². The van der Waals surface area contributed by atoms with Gasteiger partial charge in [0.25, 0.3) is 0 Å². The molecule has 2 aromatic carbocycles. The van der Waals surface area contributed by atoms with Crippen LogP contribution in [0.5, 0.6) is 11.5 Å². The number of nitrogens with zero attached hydrogens (tertiary/aromatic N) is 3. The Morgan fingerprint density at radius 2 is 1.90 bits per heavy atom. The highest BCUT2D eigenvalue weighted by molar-refractivity contribution is 6.04. The highest BCUT2D eigenvalue weighted by Gasteiger charge is 2.31. The molecule has 0 bridgehead atoms. The van der Waals surface area contributed by atoms with Crippen molar-refractivity contribution in [3.63, 3.8) is 0 Å². The van der Waals surface area contributed by atoms with Crippen LogP contribution in [0, 0.1) is 13.8 Å². The number of fused-ring (bicyclic) bond motifs is 2. The van der Waals surface area contributed by atoms with E-state index in [1.165, 1.54) is 0 Å². The first kappa shape index (κ1) is 19.5. The highest BCUT2D eigenvalue weighted by atomic mass is 16.5. The molecule has 6 heteroatoms. The van der Waals surface area contributed by atoms with Gasteiger partial charge in [-0.3, -0.25) is 4.79 Å². The van der Waals surface area contributed by atoms with Crippen LogP contribution in [0.4, 0.5) is 5.69 Å². The lowest BCUT2D eigenvalue weighted by Gasteiger charge is -2.41. The monoisotopic (exact) mass is 393 g/mol. The molecule has 6 nitrogen and oxygen atoms in total. The van der Waals surface area contributed by atoms with Crippen molar-refractivity contribution in [3.05, 3.63) is 53.1 Å². The highest BCUT2D eigenvalue weighted by Crippen LogP contribution is 2.39. The van der Waals surface area contributed by atoms with Crippen molar-refractivity contribution in [1.82, 2.24) is 9.80 Å². The van der Waals surface area contributed by atoms with Gasteiger partial charge in [-0.1, -0.05) is 17.7 Å². The van der Waals surface area contributed by atoms with Crippen LogP contribution in [0.1, 0.15) is 23.6 Å². The van der Waals surface area contributed by atoms with Gasteiger partial charge in [0.2, 0.25) is 5.91 Å². The number of amidine groups is 1. The topological polar surface area (TPSA) is 54.4 Å². The molecule has 2 heterocycles. The Bertz CT molecular complexity index is 970. The first-order valence-corrected chi connectivity index (χ1v) is 9.98. The van der Waals surface area contributed by atoms with E-state index >= 15 is 0 Å². The number of benzene rings is 2. The van der Waals surface area contributed by atoms with Crippen molar-refractivity contribution in [2.24, 2.45) is 4.99 Å². The number of carbonyl (C=O) groups is 1. The zero-order chi connectivity index (χ0) is 20.5. The van der Waals surface area contributed by atoms with E-state index in [2.05, 4.69) is 36.9 Å². The number of rotatable bonds is 2. The number of carbonyl (C=O) groups excluding carboxylic acids is 1. The fourth-order valence-corrected chi connectivity index (χ4v) is 3.96. The number of aliphatic imine (C=N–C) groups is 1. The van der Waals surface area contributed by atoms with E-state index in [1.54, 1.807) is 7.11 Å². The van der Waals surface area contributed by atoms with Crippen LogP contribution >= 0.6 is 0 Å². The molecule has 1 atom stereocenters. The van der Waals surface area contributed by atoms with E-state index in [4.69, 9.17) is 14.5 Å². The van der Waals surface area contributed by atoms with Gasteiger partial charge in [-0.25, -0.2) is 4.99 Å². The Kier molecular flexibility index (Phi) is 5.28. The molecule has 0 aliphatic carbocycles. The number of ether oxygens (including phenoxy) is 2. The normalized spacial score (nSPS) is 18.3. The molecule has 0 N–H and O–H groups in total. The molecule has 1 unspecified atom stereocenters. The van der Waals surface area contributed by atoms with E-state index in [1.807, 2.05) is 30.0 Å². The van der Waals surface area contributed by atoms with Crippen LogP contribution < -0.4 is 4.74 Å². The van der Waals surface area contributed by atoms with E-state index in [-0.39, 0.29) is 18.6 Å². The maximum Gasteiger partial charge on any atom is 0.248 e. The summed E-state index contributed by atoms with van der Waals surface area (Å²) in [4.78, 5) is 21.5. The van der Waals surface area contributed by atoms with Crippen LogP contribution in [-0.4, -0.2) is 60.9 Å². The second kappa shape index (κ2) is 7.87. The summed E-state index contributed by atoms with van der Waals surface area (Å²) in [5, 5.41) is 0. The smallest absolute Gasteiger partial charge is 0.248 e. The molecule has 0 spiro atoms. The van der Waals surface area contributed by atoms with Gasteiger partial charge in [0.15, 0.2) is 5.75 Å². The molecule has 29 heavy (non-hydrogen) atoms. The molecular formula is C23H27N3O3. The van der Waals surface area contributed by atoms with Gasteiger partial charge in [0, 0.05) is 32.8 Å². The maximum atomic E-state index is 12.3. The number of methoxy groups -OCH3 is 1. The summed E-state index contributed by atoms with van der Waals surface area (Å²) in [7, 11) is 1.55. The molecule has 2 aliphatic heterocycles. The van der Waals surface area contributed by atoms with Crippen molar-refractivity contribution in [2.75, 3.05) is 33.4 Å². The standard InChI is InChI=1S/C23H27N3O3/c1-15-6-8-20-18(11-15)23(24-19-7-5-16(2)12-21(19)29-20)25-9-10-26(17(3)13-25)22(27)14-28-4/h5-8,11-12,17H,9-10,13-14H2,1-4H3.